The number of hydrogen-bond donors (Lipinski definition) is 0. The molecule has 4 rings (SSSR count). The SMILES string of the molecule is F.FB(F)F.F[B]F.[F-].[F-].c1ccc(CCC[n+]2ccc(-c3cc[n+](CCCc4ccccc4)cc3)cc2)cc1. The molecule has 0 aliphatic carbocycles. The minimum Gasteiger partial charge on any atom is -1.00 e. The second-order valence-electron chi connectivity index (χ2n) is 8.16. The van der Waals surface area contributed by atoms with Crippen molar-refractivity contribution in [3.05, 3.63) is 121 Å². The lowest BCUT2D eigenvalue weighted by Gasteiger charge is -2.03. The third kappa shape index (κ3) is 16.3. The molecular formula is C28H31B2F8N2. The molecule has 0 aliphatic rings. The van der Waals surface area contributed by atoms with Gasteiger partial charge in [-0.1, -0.05) is 60.7 Å². The summed E-state index contributed by atoms with van der Waals surface area (Å²) in [6, 6.07) is 30.3. The summed E-state index contributed by atoms with van der Waals surface area (Å²) in [7, 11) is -4.67. The lowest BCUT2D eigenvalue weighted by Crippen LogP contribution is -3.00. The minimum atomic E-state index is -3.67. The molecule has 0 saturated carbocycles. The molecule has 0 saturated heterocycles. The molecule has 4 aromatic rings. The monoisotopic (exact) mass is 569 g/mol. The van der Waals surface area contributed by atoms with Crippen LogP contribution in [0.5, 0.6) is 0 Å². The van der Waals surface area contributed by atoms with Crippen LogP contribution in [0.1, 0.15) is 24.0 Å². The zero-order valence-electron chi connectivity index (χ0n) is 21.7. The second-order valence-corrected chi connectivity index (χ2v) is 8.16. The number of pyridine rings is 2. The van der Waals surface area contributed by atoms with Gasteiger partial charge in [-0.25, -0.2) is 9.13 Å². The lowest BCUT2D eigenvalue weighted by molar-refractivity contribution is -0.697. The Hall–Kier alpha value is -3.69. The van der Waals surface area contributed by atoms with E-state index in [2.05, 4.69) is 119 Å². The predicted molar refractivity (Wildman–Crippen MR) is 141 cm³/mol. The maximum Gasteiger partial charge on any atom is 0.762 e. The third-order valence-electron chi connectivity index (χ3n) is 5.56. The van der Waals surface area contributed by atoms with Crippen LogP contribution in [0.25, 0.3) is 11.1 Å². The first-order chi connectivity index (χ1) is 18.0. The molecule has 0 amide bonds. The Morgan fingerprint density at radius 2 is 0.825 bits per heavy atom. The first-order valence-corrected chi connectivity index (χ1v) is 12.0. The largest absolute Gasteiger partial charge is 1.00 e. The van der Waals surface area contributed by atoms with Gasteiger partial charge in [0.05, 0.1) is 0 Å². The van der Waals surface area contributed by atoms with E-state index in [-0.39, 0.29) is 14.1 Å². The fourth-order valence-corrected chi connectivity index (χ4v) is 3.82. The number of rotatable bonds is 9. The topological polar surface area (TPSA) is 7.76 Å². The molecule has 1 radical (unpaired) electrons. The summed E-state index contributed by atoms with van der Waals surface area (Å²) < 4.78 is 52.6. The third-order valence-corrected chi connectivity index (χ3v) is 5.56. The van der Waals surface area contributed by atoms with Gasteiger partial charge in [0, 0.05) is 37.1 Å². The Labute approximate surface area is 231 Å². The molecule has 0 unspecified atom stereocenters. The molecule has 0 N–H and O–H groups in total. The van der Waals surface area contributed by atoms with E-state index in [1.807, 2.05) is 0 Å². The fraction of sp³-hybridized carbons (Fsp3) is 0.214. The van der Waals surface area contributed by atoms with E-state index in [0.29, 0.717) is 0 Å². The van der Waals surface area contributed by atoms with E-state index in [4.69, 9.17) is 0 Å². The number of aryl methyl sites for hydroxylation is 4. The molecule has 2 aromatic carbocycles. The Kier molecular flexibility index (Phi) is 22.3. The average Bonchev–Trinajstić information content (AvgIpc) is 2.91. The molecule has 0 spiro atoms. The normalized spacial score (nSPS) is 9.12. The highest BCUT2D eigenvalue weighted by atomic mass is 19.4. The van der Waals surface area contributed by atoms with Gasteiger partial charge < -0.3 is 9.41 Å². The number of nitrogens with zero attached hydrogens (tertiary/aromatic N) is 2. The quantitative estimate of drug-likeness (QED) is 0.160. The summed E-state index contributed by atoms with van der Waals surface area (Å²) in [5.41, 5.74) is 5.36. The van der Waals surface area contributed by atoms with E-state index in [0.717, 1.165) is 38.8 Å². The molecule has 0 bridgehead atoms. The summed E-state index contributed by atoms with van der Waals surface area (Å²) in [4.78, 5) is 0. The van der Waals surface area contributed by atoms with Crippen LogP contribution in [-0.2, 0) is 25.9 Å². The van der Waals surface area contributed by atoms with Gasteiger partial charge >= 0.3 is 15.4 Å². The van der Waals surface area contributed by atoms with Crippen molar-refractivity contribution in [1.82, 2.24) is 0 Å². The zero-order chi connectivity index (χ0) is 26.7. The van der Waals surface area contributed by atoms with Crippen LogP contribution < -0.4 is 18.5 Å². The van der Waals surface area contributed by atoms with Crippen molar-refractivity contribution < 1.29 is 44.8 Å². The maximum atomic E-state index is 9.67. The van der Waals surface area contributed by atoms with Crippen LogP contribution in [0.2, 0.25) is 0 Å². The Bertz CT molecular complexity index is 1020. The fourth-order valence-electron chi connectivity index (χ4n) is 3.82. The molecule has 12 heteroatoms. The van der Waals surface area contributed by atoms with Gasteiger partial charge in [0.2, 0.25) is 0 Å². The summed E-state index contributed by atoms with van der Waals surface area (Å²) >= 11 is 0. The van der Waals surface area contributed by atoms with Gasteiger partial charge in [-0.05, 0) is 35.1 Å². The van der Waals surface area contributed by atoms with Gasteiger partial charge in [0.25, 0.3) is 0 Å². The van der Waals surface area contributed by atoms with Crippen LogP contribution in [0.15, 0.2) is 110 Å². The Morgan fingerprint density at radius 3 is 1.10 bits per heavy atom. The molecule has 2 aromatic heterocycles. The molecule has 215 valence electrons. The van der Waals surface area contributed by atoms with Crippen molar-refractivity contribution in [3.8, 4) is 11.1 Å². The number of benzene rings is 2. The molecular weight excluding hydrogens is 538 g/mol. The van der Waals surface area contributed by atoms with Gasteiger partial charge in [-0.3, -0.25) is 26.3 Å². The summed E-state index contributed by atoms with van der Waals surface area (Å²) in [5.74, 6) is 0. The first-order valence-electron chi connectivity index (χ1n) is 12.0. The molecule has 2 nitrogen and oxygen atoms in total. The Morgan fingerprint density at radius 1 is 0.550 bits per heavy atom. The molecule has 40 heavy (non-hydrogen) atoms. The molecule has 0 aliphatic heterocycles. The number of hydrogen-bond acceptors (Lipinski definition) is 0. The van der Waals surface area contributed by atoms with Crippen LogP contribution >= 0.6 is 0 Å². The standard InChI is InChI=1S/C28H30N2.BF3.BF2.3FH/c1-3-9-25(10-4-1)13-7-19-29-21-15-27(16-22-29)28-17-23-30(24-18-28)20-8-14-26-11-5-2-6-12-26;2-1(3)4;2-1-3;;;/h1-6,9-12,15-18,21-24H,7-8,13-14,19-20H2;;;3*1H/q+2;;;;;/p-2. The van der Waals surface area contributed by atoms with Crippen molar-refractivity contribution in [2.45, 2.75) is 38.8 Å². The number of aromatic nitrogens is 2. The number of halogens is 8. The highest BCUT2D eigenvalue weighted by Crippen LogP contribution is 2.15. The average molecular weight is 569 g/mol. The van der Waals surface area contributed by atoms with E-state index >= 15 is 0 Å². The zero-order valence-corrected chi connectivity index (χ0v) is 21.7. The van der Waals surface area contributed by atoms with Crippen LogP contribution in [0.3, 0.4) is 0 Å². The van der Waals surface area contributed by atoms with E-state index < -0.39 is 15.4 Å². The molecule has 0 atom stereocenters. The van der Waals surface area contributed by atoms with Gasteiger partial charge in [0.15, 0.2) is 24.8 Å². The summed E-state index contributed by atoms with van der Waals surface area (Å²) in [6.45, 7) is 2.09. The Balaban J connectivity index is 0. The van der Waals surface area contributed by atoms with Crippen molar-refractivity contribution in [2.24, 2.45) is 0 Å². The first kappa shape index (κ1) is 38.5. The van der Waals surface area contributed by atoms with Crippen molar-refractivity contribution >= 4 is 15.4 Å². The van der Waals surface area contributed by atoms with Gasteiger partial charge in [-0.2, -0.15) is 0 Å². The van der Waals surface area contributed by atoms with Crippen molar-refractivity contribution in [2.75, 3.05) is 0 Å². The van der Waals surface area contributed by atoms with Crippen molar-refractivity contribution in [1.29, 1.82) is 0 Å². The van der Waals surface area contributed by atoms with Crippen LogP contribution in [-0.4, -0.2) is 15.4 Å². The van der Waals surface area contributed by atoms with E-state index in [1.165, 1.54) is 22.3 Å². The smallest absolute Gasteiger partial charge is 0.762 e. The minimum absolute atomic E-state index is 0. The van der Waals surface area contributed by atoms with Gasteiger partial charge in [-0.15, -0.1) is 0 Å². The maximum absolute atomic E-state index is 9.67. The van der Waals surface area contributed by atoms with E-state index in [9.17, 15) is 21.6 Å². The van der Waals surface area contributed by atoms with Crippen molar-refractivity contribution in [3.63, 3.8) is 0 Å². The van der Waals surface area contributed by atoms with Crippen LogP contribution in [0.4, 0.5) is 26.3 Å². The van der Waals surface area contributed by atoms with Crippen LogP contribution in [0, 0.1) is 0 Å². The highest BCUT2D eigenvalue weighted by Gasteiger charge is 2.07. The summed E-state index contributed by atoms with van der Waals surface area (Å²) in [6.07, 6.45) is 13.3. The second kappa shape index (κ2) is 23.2. The lowest BCUT2D eigenvalue weighted by atomic mass is 10.1. The molecule has 0 fully saturated rings. The van der Waals surface area contributed by atoms with Gasteiger partial charge in [0.1, 0.15) is 13.1 Å². The predicted octanol–water partition coefficient (Wildman–Crippen LogP) is 0.694. The van der Waals surface area contributed by atoms with E-state index in [1.54, 1.807) is 0 Å². The summed E-state index contributed by atoms with van der Waals surface area (Å²) in [5, 5.41) is 0. The molecule has 2 heterocycles. The highest BCUT2D eigenvalue weighted by molar-refractivity contribution is 6.33.